The molecule has 1 aliphatic heterocycles. The Bertz CT molecular complexity index is 1210. The number of carbonyl (C=O) groups excluding carboxylic acids is 3. The number of hydrogen-bond donors (Lipinski definition) is 1. The molecule has 2 amide bonds. The second-order valence-corrected chi connectivity index (χ2v) is 8.78. The monoisotopic (exact) mass is 476 g/mol. The largest absolute Gasteiger partial charge is 0.366 e. The Kier molecular flexibility index (Phi) is 7.41. The average Bonchev–Trinajstić information content (AvgIpc) is 3.20. The number of ketones is 1. The van der Waals surface area contributed by atoms with E-state index in [0.29, 0.717) is 61.7 Å². The SMILES string of the molecule is Cc1c(C(N)=O)cc(C(=O)CN2CCN(C(=O)c3ccccc3)CC2)n1CCc1ccc(F)cc1. The Morgan fingerprint density at radius 1 is 0.943 bits per heavy atom. The fourth-order valence-corrected chi connectivity index (χ4v) is 4.46. The highest BCUT2D eigenvalue weighted by molar-refractivity contribution is 6.01. The van der Waals surface area contributed by atoms with Crippen molar-refractivity contribution in [1.82, 2.24) is 14.4 Å². The lowest BCUT2D eigenvalue weighted by molar-refractivity contribution is 0.0623. The Morgan fingerprint density at radius 3 is 2.23 bits per heavy atom. The van der Waals surface area contributed by atoms with Gasteiger partial charge in [-0.2, -0.15) is 0 Å². The van der Waals surface area contributed by atoms with Crippen LogP contribution in [0.25, 0.3) is 0 Å². The molecule has 35 heavy (non-hydrogen) atoms. The van der Waals surface area contributed by atoms with Gasteiger partial charge in [-0.15, -0.1) is 0 Å². The average molecular weight is 477 g/mol. The number of nitrogens with two attached hydrogens (primary N) is 1. The van der Waals surface area contributed by atoms with E-state index in [1.165, 1.54) is 12.1 Å². The summed E-state index contributed by atoms with van der Waals surface area (Å²) in [7, 11) is 0. The van der Waals surface area contributed by atoms with E-state index in [4.69, 9.17) is 5.73 Å². The molecule has 1 saturated heterocycles. The minimum Gasteiger partial charge on any atom is -0.366 e. The van der Waals surface area contributed by atoms with Gasteiger partial charge in [-0.3, -0.25) is 19.3 Å². The van der Waals surface area contributed by atoms with Gasteiger partial charge >= 0.3 is 0 Å². The molecule has 0 saturated carbocycles. The third-order valence-corrected chi connectivity index (χ3v) is 6.50. The molecule has 8 heteroatoms. The molecule has 0 bridgehead atoms. The Balaban J connectivity index is 1.42. The molecule has 2 N–H and O–H groups in total. The van der Waals surface area contributed by atoms with Crippen LogP contribution in [0.3, 0.4) is 0 Å². The number of aromatic nitrogens is 1. The minimum absolute atomic E-state index is 0.00651. The zero-order chi connectivity index (χ0) is 24.9. The Labute approximate surface area is 203 Å². The van der Waals surface area contributed by atoms with Crippen LogP contribution < -0.4 is 5.73 Å². The van der Waals surface area contributed by atoms with Gasteiger partial charge < -0.3 is 15.2 Å². The highest BCUT2D eigenvalue weighted by Crippen LogP contribution is 2.19. The highest BCUT2D eigenvalue weighted by atomic mass is 19.1. The fraction of sp³-hybridized carbons (Fsp3) is 0.296. The molecule has 1 aliphatic rings. The van der Waals surface area contributed by atoms with E-state index in [-0.39, 0.29) is 24.1 Å². The molecule has 3 aromatic rings. The summed E-state index contributed by atoms with van der Waals surface area (Å²) in [6.45, 7) is 4.67. The lowest BCUT2D eigenvalue weighted by Gasteiger charge is -2.34. The van der Waals surface area contributed by atoms with Crippen LogP contribution in [-0.4, -0.2) is 64.7 Å². The first kappa shape index (κ1) is 24.3. The minimum atomic E-state index is -0.579. The number of amides is 2. The van der Waals surface area contributed by atoms with Crippen molar-refractivity contribution in [2.75, 3.05) is 32.7 Å². The third kappa shape index (κ3) is 5.66. The maximum absolute atomic E-state index is 13.3. The number of rotatable bonds is 8. The summed E-state index contributed by atoms with van der Waals surface area (Å²) < 4.78 is 15.0. The maximum atomic E-state index is 13.3. The van der Waals surface area contributed by atoms with Crippen molar-refractivity contribution < 1.29 is 18.8 Å². The molecule has 7 nitrogen and oxygen atoms in total. The quantitative estimate of drug-likeness (QED) is 0.507. The lowest BCUT2D eigenvalue weighted by Crippen LogP contribution is -2.50. The highest BCUT2D eigenvalue weighted by Gasteiger charge is 2.26. The molecule has 0 aliphatic carbocycles. The predicted molar refractivity (Wildman–Crippen MR) is 131 cm³/mol. The number of piperazine rings is 1. The van der Waals surface area contributed by atoms with Crippen LogP contribution >= 0.6 is 0 Å². The van der Waals surface area contributed by atoms with Crippen molar-refractivity contribution in [3.8, 4) is 0 Å². The van der Waals surface area contributed by atoms with E-state index in [1.54, 1.807) is 42.2 Å². The second kappa shape index (κ2) is 10.7. The molecule has 0 unspecified atom stereocenters. The van der Waals surface area contributed by atoms with Crippen LogP contribution in [0.15, 0.2) is 60.7 Å². The smallest absolute Gasteiger partial charge is 0.253 e. The molecule has 1 aromatic heterocycles. The standard InChI is InChI=1S/C27H29FN4O3/c1-19-23(26(29)34)17-24(32(19)12-11-20-7-9-22(28)10-8-20)25(33)18-30-13-15-31(16-14-30)27(35)21-5-3-2-4-6-21/h2-10,17H,11-16,18H2,1H3,(H2,29,34). The fourth-order valence-electron chi connectivity index (χ4n) is 4.46. The van der Waals surface area contributed by atoms with Crippen LogP contribution in [0.1, 0.15) is 42.5 Å². The van der Waals surface area contributed by atoms with Gasteiger partial charge in [0.05, 0.1) is 17.8 Å². The summed E-state index contributed by atoms with van der Waals surface area (Å²) in [5, 5.41) is 0. The Hall–Kier alpha value is -3.78. The van der Waals surface area contributed by atoms with Crippen molar-refractivity contribution in [2.45, 2.75) is 19.9 Å². The van der Waals surface area contributed by atoms with Gasteiger partial charge in [0.25, 0.3) is 11.8 Å². The lowest BCUT2D eigenvalue weighted by atomic mass is 10.1. The van der Waals surface area contributed by atoms with Crippen LogP contribution in [0.2, 0.25) is 0 Å². The molecule has 0 radical (unpaired) electrons. The summed E-state index contributed by atoms with van der Waals surface area (Å²) in [6, 6.07) is 17.0. The zero-order valence-corrected chi connectivity index (χ0v) is 19.7. The van der Waals surface area contributed by atoms with E-state index >= 15 is 0 Å². The maximum Gasteiger partial charge on any atom is 0.253 e. The molecule has 0 atom stereocenters. The van der Waals surface area contributed by atoms with E-state index in [1.807, 2.05) is 27.7 Å². The van der Waals surface area contributed by atoms with E-state index in [2.05, 4.69) is 0 Å². The number of carbonyl (C=O) groups is 3. The predicted octanol–water partition coefficient (Wildman–Crippen LogP) is 2.92. The van der Waals surface area contributed by atoms with Crippen molar-refractivity contribution in [3.63, 3.8) is 0 Å². The molecule has 2 heterocycles. The van der Waals surface area contributed by atoms with Crippen molar-refractivity contribution >= 4 is 17.6 Å². The van der Waals surface area contributed by atoms with E-state index < -0.39 is 5.91 Å². The molecule has 0 spiro atoms. The number of hydrogen-bond acceptors (Lipinski definition) is 4. The van der Waals surface area contributed by atoms with E-state index in [9.17, 15) is 18.8 Å². The third-order valence-electron chi connectivity index (χ3n) is 6.50. The number of benzene rings is 2. The normalized spacial score (nSPS) is 14.2. The number of Topliss-reactive ketones (excluding diaryl/α,β-unsaturated/α-hetero) is 1. The topological polar surface area (TPSA) is 88.6 Å². The van der Waals surface area contributed by atoms with Crippen LogP contribution in [0.4, 0.5) is 4.39 Å². The molecule has 182 valence electrons. The molecular weight excluding hydrogens is 447 g/mol. The number of nitrogens with zero attached hydrogens (tertiary/aromatic N) is 3. The van der Waals surface area contributed by atoms with Crippen molar-refractivity contribution in [3.05, 3.63) is 94.6 Å². The molecule has 2 aromatic carbocycles. The van der Waals surface area contributed by atoms with Gasteiger partial charge in [0, 0.05) is 44.0 Å². The molecule has 1 fully saturated rings. The van der Waals surface area contributed by atoms with Crippen molar-refractivity contribution in [1.29, 1.82) is 0 Å². The number of aryl methyl sites for hydroxylation is 1. The number of halogens is 1. The first-order valence-corrected chi connectivity index (χ1v) is 11.7. The molecular formula is C27H29FN4O3. The van der Waals surface area contributed by atoms with Crippen LogP contribution in [0, 0.1) is 12.7 Å². The van der Waals surface area contributed by atoms with Gasteiger partial charge in [-0.1, -0.05) is 30.3 Å². The van der Waals surface area contributed by atoms with Gasteiger partial charge in [0.1, 0.15) is 5.82 Å². The van der Waals surface area contributed by atoms with Crippen LogP contribution in [0.5, 0.6) is 0 Å². The summed E-state index contributed by atoms with van der Waals surface area (Å²) in [4.78, 5) is 41.7. The summed E-state index contributed by atoms with van der Waals surface area (Å²) >= 11 is 0. The van der Waals surface area contributed by atoms with Gasteiger partial charge in [-0.25, -0.2) is 4.39 Å². The first-order valence-electron chi connectivity index (χ1n) is 11.7. The van der Waals surface area contributed by atoms with Gasteiger partial charge in [-0.05, 0) is 49.2 Å². The van der Waals surface area contributed by atoms with Crippen LogP contribution in [-0.2, 0) is 13.0 Å². The second-order valence-electron chi connectivity index (χ2n) is 8.78. The summed E-state index contributed by atoms with van der Waals surface area (Å²) in [6.07, 6.45) is 0.578. The van der Waals surface area contributed by atoms with Crippen molar-refractivity contribution in [2.24, 2.45) is 5.73 Å². The number of primary amides is 1. The summed E-state index contributed by atoms with van der Waals surface area (Å²) in [5.74, 6) is -0.996. The first-order chi connectivity index (χ1) is 16.8. The summed E-state index contributed by atoms with van der Waals surface area (Å²) in [5.41, 5.74) is 8.53. The molecule has 4 rings (SSSR count). The van der Waals surface area contributed by atoms with Gasteiger partial charge in [0.2, 0.25) is 0 Å². The zero-order valence-electron chi connectivity index (χ0n) is 19.7. The van der Waals surface area contributed by atoms with E-state index in [0.717, 1.165) is 5.56 Å². The Morgan fingerprint density at radius 2 is 1.60 bits per heavy atom. The van der Waals surface area contributed by atoms with Gasteiger partial charge in [0.15, 0.2) is 5.78 Å².